The van der Waals surface area contributed by atoms with Gasteiger partial charge >= 0.3 is 0 Å². The highest BCUT2D eigenvalue weighted by Crippen LogP contribution is 2.24. The molecule has 21 heavy (non-hydrogen) atoms. The van der Waals surface area contributed by atoms with Gasteiger partial charge in [0.2, 0.25) is 0 Å². The Kier molecular flexibility index (Phi) is 4.78. The smallest absolute Gasteiger partial charge is 0.119 e. The van der Waals surface area contributed by atoms with Crippen molar-refractivity contribution < 1.29 is 4.74 Å². The predicted molar refractivity (Wildman–Crippen MR) is 85.8 cm³/mol. The van der Waals surface area contributed by atoms with Crippen molar-refractivity contribution >= 4 is 0 Å². The van der Waals surface area contributed by atoms with Crippen molar-refractivity contribution in [2.45, 2.75) is 25.9 Å². The minimum atomic E-state index is 0.488. The van der Waals surface area contributed by atoms with Crippen LogP contribution in [0, 0.1) is 0 Å². The molecule has 1 atom stereocenters. The summed E-state index contributed by atoms with van der Waals surface area (Å²) in [6, 6.07) is 9.86. The van der Waals surface area contributed by atoms with E-state index >= 15 is 0 Å². The molecule has 0 aliphatic carbocycles. The highest BCUT2D eigenvalue weighted by atomic mass is 16.5. The van der Waals surface area contributed by atoms with Crippen LogP contribution in [0.25, 0.3) is 0 Å². The zero-order valence-corrected chi connectivity index (χ0v) is 13.2. The largest absolute Gasteiger partial charge is 0.494 e. The second-order valence-corrected chi connectivity index (χ2v) is 6.06. The maximum Gasteiger partial charge on any atom is 0.119 e. The number of piperazine rings is 1. The van der Waals surface area contributed by atoms with Gasteiger partial charge in [-0.05, 0) is 31.5 Å². The van der Waals surface area contributed by atoms with Gasteiger partial charge in [-0.3, -0.25) is 9.80 Å². The maximum absolute atomic E-state index is 5.52. The Bertz CT molecular complexity index is 436. The van der Waals surface area contributed by atoms with Crippen molar-refractivity contribution in [3.05, 3.63) is 29.8 Å². The Morgan fingerprint density at radius 1 is 1.14 bits per heavy atom. The van der Waals surface area contributed by atoms with Crippen LogP contribution in [0.4, 0.5) is 0 Å². The molecule has 1 N–H and O–H groups in total. The van der Waals surface area contributed by atoms with E-state index in [0.29, 0.717) is 6.04 Å². The van der Waals surface area contributed by atoms with Crippen molar-refractivity contribution in [1.82, 2.24) is 15.1 Å². The third kappa shape index (κ3) is 3.39. The molecule has 0 bridgehead atoms. The Morgan fingerprint density at radius 3 is 2.33 bits per heavy atom. The van der Waals surface area contributed by atoms with E-state index in [1.807, 2.05) is 6.92 Å². The standard InChI is InChI=1S/C17H27N3O/c1-3-21-17-6-4-15(5-7-17)14(2)19-8-10-20(11-9-19)16-12-18-13-16/h4-7,14,16,18H,3,8-13H2,1-2H3. The summed E-state index contributed by atoms with van der Waals surface area (Å²) in [5.41, 5.74) is 1.39. The van der Waals surface area contributed by atoms with Crippen LogP contribution in [0.1, 0.15) is 25.5 Å². The lowest BCUT2D eigenvalue weighted by Crippen LogP contribution is -2.61. The SMILES string of the molecule is CCOc1ccc(C(C)N2CCN(C3CNC3)CC2)cc1. The summed E-state index contributed by atoms with van der Waals surface area (Å²) in [6.45, 7) is 12.2. The van der Waals surface area contributed by atoms with Crippen LogP contribution < -0.4 is 10.1 Å². The lowest BCUT2D eigenvalue weighted by Gasteiger charge is -2.44. The monoisotopic (exact) mass is 289 g/mol. The van der Waals surface area contributed by atoms with Gasteiger partial charge in [0.15, 0.2) is 0 Å². The molecule has 2 aliphatic rings. The first kappa shape index (κ1) is 14.8. The summed E-state index contributed by atoms with van der Waals surface area (Å²) in [7, 11) is 0. The zero-order valence-electron chi connectivity index (χ0n) is 13.2. The summed E-state index contributed by atoms with van der Waals surface area (Å²) in [5.74, 6) is 0.968. The lowest BCUT2D eigenvalue weighted by atomic mass is 10.0. The van der Waals surface area contributed by atoms with Crippen LogP contribution in [0.3, 0.4) is 0 Å². The molecule has 2 heterocycles. The highest BCUT2D eigenvalue weighted by Gasteiger charge is 2.29. The van der Waals surface area contributed by atoms with E-state index in [9.17, 15) is 0 Å². The van der Waals surface area contributed by atoms with Gasteiger partial charge in [-0.25, -0.2) is 0 Å². The van der Waals surface area contributed by atoms with Crippen LogP contribution in [0.5, 0.6) is 5.75 Å². The zero-order chi connectivity index (χ0) is 14.7. The van der Waals surface area contributed by atoms with E-state index in [1.54, 1.807) is 0 Å². The van der Waals surface area contributed by atoms with E-state index in [0.717, 1.165) is 18.4 Å². The number of nitrogens with one attached hydrogen (secondary N) is 1. The van der Waals surface area contributed by atoms with E-state index < -0.39 is 0 Å². The van der Waals surface area contributed by atoms with Gasteiger partial charge in [0, 0.05) is 51.4 Å². The van der Waals surface area contributed by atoms with Gasteiger partial charge in [0.25, 0.3) is 0 Å². The van der Waals surface area contributed by atoms with E-state index in [-0.39, 0.29) is 0 Å². The number of hydrogen-bond donors (Lipinski definition) is 1. The van der Waals surface area contributed by atoms with E-state index in [1.165, 1.54) is 44.8 Å². The fraction of sp³-hybridized carbons (Fsp3) is 0.647. The van der Waals surface area contributed by atoms with Crippen molar-refractivity contribution in [3.8, 4) is 5.75 Å². The number of hydrogen-bond acceptors (Lipinski definition) is 4. The van der Waals surface area contributed by atoms with Crippen molar-refractivity contribution in [2.75, 3.05) is 45.9 Å². The van der Waals surface area contributed by atoms with E-state index in [2.05, 4.69) is 46.3 Å². The van der Waals surface area contributed by atoms with Gasteiger partial charge in [0.1, 0.15) is 5.75 Å². The molecule has 4 nitrogen and oxygen atoms in total. The number of ether oxygens (including phenoxy) is 1. The maximum atomic E-state index is 5.52. The fourth-order valence-electron chi connectivity index (χ4n) is 3.24. The summed E-state index contributed by atoms with van der Waals surface area (Å²) in [5, 5.41) is 3.37. The highest BCUT2D eigenvalue weighted by molar-refractivity contribution is 5.29. The first-order chi connectivity index (χ1) is 10.3. The molecule has 0 aromatic heterocycles. The second-order valence-electron chi connectivity index (χ2n) is 6.06. The lowest BCUT2D eigenvalue weighted by molar-refractivity contribution is 0.0552. The summed E-state index contributed by atoms with van der Waals surface area (Å²) >= 11 is 0. The Labute approximate surface area is 128 Å². The molecule has 0 spiro atoms. The van der Waals surface area contributed by atoms with Gasteiger partial charge in [-0.15, -0.1) is 0 Å². The average molecular weight is 289 g/mol. The minimum Gasteiger partial charge on any atom is -0.494 e. The Balaban J connectivity index is 1.54. The molecule has 4 heteroatoms. The second kappa shape index (κ2) is 6.77. The summed E-state index contributed by atoms with van der Waals surface area (Å²) in [6.07, 6.45) is 0. The van der Waals surface area contributed by atoms with Crippen LogP contribution in [0.15, 0.2) is 24.3 Å². The van der Waals surface area contributed by atoms with Crippen molar-refractivity contribution in [3.63, 3.8) is 0 Å². The van der Waals surface area contributed by atoms with Gasteiger partial charge < -0.3 is 10.1 Å². The quantitative estimate of drug-likeness (QED) is 0.893. The number of rotatable bonds is 5. The Morgan fingerprint density at radius 2 is 1.81 bits per heavy atom. The molecule has 2 saturated heterocycles. The minimum absolute atomic E-state index is 0.488. The summed E-state index contributed by atoms with van der Waals surface area (Å²) < 4.78 is 5.52. The topological polar surface area (TPSA) is 27.7 Å². The molecule has 3 rings (SSSR count). The molecular weight excluding hydrogens is 262 g/mol. The van der Waals surface area contributed by atoms with Crippen molar-refractivity contribution in [2.24, 2.45) is 0 Å². The van der Waals surface area contributed by atoms with Crippen LogP contribution in [-0.2, 0) is 0 Å². The molecule has 1 unspecified atom stereocenters. The third-order valence-corrected chi connectivity index (χ3v) is 4.85. The molecule has 2 aliphatic heterocycles. The molecule has 2 fully saturated rings. The third-order valence-electron chi connectivity index (χ3n) is 4.85. The van der Waals surface area contributed by atoms with Gasteiger partial charge in [-0.1, -0.05) is 12.1 Å². The van der Waals surface area contributed by atoms with E-state index in [4.69, 9.17) is 4.74 Å². The van der Waals surface area contributed by atoms with Crippen LogP contribution >= 0.6 is 0 Å². The molecule has 0 amide bonds. The molecule has 0 saturated carbocycles. The molecule has 116 valence electrons. The average Bonchev–Trinajstić information content (AvgIpc) is 2.47. The molecule has 1 aromatic carbocycles. The Hall–Kier alpha value is -1.10. The molecule has 1 aromatic rings. The van der Waals surface area contributed by atoms with Gasteiger partial charge in [-0.2, -0.15) is 0 Å². The first-order valence-electron chi connectivity index (χ1n) is 8.19. The fourth-order valence-corrected chi connectivity index (χ4v) is 3.24. The number of benzene rings is 1. The van der Waals surface area contributed by atoms with Crippen LogP contribution in [0.2, 0.25) is 0 Å². The van der Waals surface area contributed by atoms with Crippen LogP contribution in [-0.4, -0.2) is 61.7 Å². The molecular formula is C17H27N3O. The normalized spacial score (nSPS) is 22.8. The van der Waals surface area contributed by atoms with Crippen molar-refractivity contribution in [1.29, 1.82) is 0 Å². The predicted octanol–water partition coefficient (Wildman–Crippen LogP) is 1.74. The first-order valence-corrected chi connectivity index (χ1v) is 8.19. The number of nitrogens with zero attached hydrogens (tertiary/aromatic N) is 2. The summed E-state index contributed by atoms with van der Waals surface area (Å²) in [4.78, 5) is 5.23. The molecule has 0 radical (unpaired) electrons. The van der Waals surface area contributed by atoms with Gasteiger partial charge in [0.05, 0.1) is 6.61 Å².